The minimum atomic E-state index is -3.85. The highest BCUT2D eigenvalue weighted by Gasteiger charge is 2.43. The minimum Gasteiger partial charge on any atom is -0.496 e. The van der Waals surface area contributed by atoms with Gasteiger partial charge in [0.05, 0.1) is 12.0 Å². The van der Waals surface area contributed by atoms with Crippen LogP contribution in [0.1, 0.15) is 24.5 Å². The molecule has 3 N–H and O–H groups in total. The second-order valence-electron chi connectivity index (χ2n) is 6.07. The fourth-order valence-electron chi connectivity index (χ4n) is 3.07. The summed E-state index contributed by atoms with van der Waals surface area (Å²) < 4.78 is 32.7. The third-order valence-corrected chi connectivity index (χ3v) is 6.24. The number of hydrogen-bond donors (Lipinski definition) is 2. The summed E-state index contributed by atoms with van der Waals surface area (Å²) in [6.45, 7) is 5.94. The van der Waals surface area contributed by atoms with Crippen molar-refractivity contribution in [1.82, 2.24) is 9.62 Å². The predicted octanol–water partition coefficient (Wildman–Crippen LogP) is 0.538. The first-order valence-electron chi connectivity index (χ1n) is 7.92. The van der Waals surface area contributed by atoms with Crippen molar-refractivity contribution in [2.45, 2.75) is 44.2 Å². The fourth-order valence-corrected chi connectivity index (χ4v) is 4.95. The lowest BCUT2D eigenvalue weighted by Gasteiger charge is -2.24. The normalized spacial score (nSPS) is 21.7. The van der Waals surface area contributed by atoms with Gasteiger partial charge in [0.15, 0.2) is 0 Å². The second kappa shape index (κ2) is 7.08. The third kappa shape index (κ3) is 3.40. The number of likely N-dealkylation sites (N-methyl/N-ethyl adjacent to an activating group) is 1. The molecule has 1 heterocycles. The zero-order valence-corrected chi connectivity index (χ0v) is 15.3. The molecule has 1 fully saturated rings. The first-order valence-corrected chi connectivity index (χ1v) is 9.36. The molecule has 0 aromatic heterocycles. The third-order valence-electron chi connectivity index (χ3n) is 4.22. The lowest BCUT2D eigenvalue weighted by Crippen LogP contribution is -2.46. The van der Waals surface area contributed by atoms with Crippen molar-refractivity contribution >= 4 is 15.9 Å². The van der Waals surface area contributed by atoms with E-state index < -0.39 is 16.1 Å². The summed E-state index contributed by atoms with van der Waals surface area (Å²) in [5.41, 5.74) is 7.40. The van der Waals surface area contributed by atoms with Crippen LogP contribution in [0.4, 0.5) is 0 Å². The monoisotopic (exact) mass is 355 g/mol. The Balaban J connectivity index is 2.47. The van der Waals surface area contributed by atoms with Gasteiger partial charge in [0.2, 0.25) is 15.9 Å². The Hall–Kier alpha value is -1.64. The molecule has 8 heteroatoms. The smallest absolute Gasteiger partial charge is 0.244 e. The number of nitrogens with zero attached hydrogens (tertiary/aromatic N) is 1. The predicted molar refractivity (Wildman–Crippen MR) is 91.4 cm³/mol. The topological polar surface area (TPSA) is 102 Å². The van der Waals surface area contributed by atoms with Gasteiger partial charge < -0.3 is 15.8 Å². The Morgan fingerprint density at radius 1 is 1.38 bits per heavy atom. The Labute approximate surface area is 143 Å². The SMILES string of the molecule is CCNC(=O)[C@@H]1C[C@H](N)CN1S(=O)(=O)c1cc(OC)c(C)cc1C. The van der Waals surface area contributed by atoms with Gasteiger partial charge in [0.1, 0.15) is 11.8 Å². The van der Waals surface area contributed by atoms with E-state index in [1.807, 2.05) is 6.92 Å². The Bertz CT molecular complexity index is 733. The number of methoxy groups -OCH3 is 1. The van der Waals surface area contributed by atoms with Gasteiger partial charge in [-0.2, -0.15) is 4.31 Å². The number of carbonyl (C=O) groups is 1. The van der Waals surface area contributed by atoms with Crippen LogP contribution in [0.3, 0.4) is 0 Å². The van der Waals surface area contributed by atoms with Gasteiger partial charge in [0, 0.05) is 25.2 Å². The van der Waals surface area contributed by atoms with E-state index in [0.29, 0.717) is 24.3 Å². The molecule has 1 aliphatic heterocycles. The van der Waals surface area contributed by atoms with Gasteiger partial charge in [-0.25, -0.2) is 8.42 Å². The molecule has 0 unspecified atom stereocenters. The number of benzene rings is 1. The maximum Gasteiger partial charge on any atom is 0.244 e. The summed E-state index contributed by atoms with van der Waals surface area (Å²) in [7, 11) is -2.35. The Morgan fingerprint density at radius 3 is 2.62 bits per heavy atom. The Kier molecular flexibility index (Phi) is 5.52. The maximum atomic E-state index is 13.1. The van der Waals surface area contributed by atoms with Gasteiger partial charge in [-0.05, 0) is 38.3 Å². The molecule has 0 radical (unpaired) electrons. The number of nitrogens with two attached hydrogens (primary N) is 1. The first-order chi connectivity index (χ1) is 11.2. The molecular weight excluding hydrogens is 330 g/mol. The van der Waals surface area contributed by atoms with Crippen molar-refractivity contribution in [3.8, 4) is 5.75 Å². The summed E-state index contributed by atoms with van der Waals surface area (Å²) in [6.07, 6.45) is 0.313. The zero-order valence-electron chi connectivity index (χ0n) is 14.5. The summed E-state index contributed by atoms with van der Waals surface area (Å²) in [6, 6.07) is 2.14. The van der Waals surface area contributed by atoms with Crippen LogP contribution in [-0.4, -0.2) is 50.9 Å². The van der Waals surface area contributed by atoms with Crippen LogP contribution in [0, 0.1) is 13.8 Å². The number of hydrogen-bond acceptors (Lipinski definition) is 5. The van der Waals surface area contributed by atoms with E-state index in [1.54, 1.807) is 19.9 Å². The molecule has 134 valence electrons. The van der Waals surface area contributed by atoms with Crippen LogP contribution < -0.4 is 15.8 Å². The van der Waals surface area contributed by atoms with E-state index in [9.17, 15) is 13.2 Å². The molecule has 2 rings (SSSR count). The lowest BCUT2D eigenvalue weighted by atomic mass is 10.1. The summed E-state index contributed by atoms with van der Waals surface area (Å²) in [5, 5.41) is 2.68. The minimum absolute atomic E-state index is 0.125. The number of ether oxygens (including phenoxy) is 1. The molecule has 2 atom stereocenters. The molecule has 0 saturated carbocycles. The van der Waals surface area contributed by atoms with Crippen LogP contribution in [0.15, 0.2) is 17.0 Å². The number of amides is 1. The lowest BCUT2D eigenvalue weighted by molar-refractivity contribution is -0.124. The van der Waals surface area contributed by atoms with E-state index in [4.69, 9.17) is 10.5 Å². The van der Waals surface area contributed by atoms with E-state index in [1.165, 1.54) is 17.5 Å². The highest BCUT2D eigenvalue weighted by atomic mass is 32.2. The van der Waals surface area contributed by atoms with Crippen molar-refractivity contribution < 1.29 is 17.9 Å². The average molecular weight is 355 g/mol. The number of carbonyl (C=O) groups excluding carboxylic acids is 1. The van der Waals surface area contributed by atoms with Gasteiger partial charge >= 0.3 is 0 Å². The zero-order chi connectivity index (χ0) is 18.1. The molecule has 1 aromatic rings. The van der Waals surface area contributed by atoms with Crippen LogP contribution in [0.2, 0.25) is 0 Å². The van der Waals surface area contributed by atoms with E-state index >= 15 is 0 Å². The van der Waals surface area contributed by atoms with E-state index in [-0.39, 0.29) is 23.4 Å². The number of sulfonamides is 1. The quantitative estimate of drug-likeness (QED) is 0.803. The van der Waals surface area contributed by atoms with Gasteiger partial charge in [-0.1, -0.05) is 6.07 Å². The Morgan fingerprint density at radius 2 is 2.04 bits per heavy atom. The molecule has 1 saturated heterocycles. The molecule has 24 heavy (non-hydrogen) atoms. The van der Waals surface area contributed by atoms with Crippen LogP contribution >= 0.6 is 0 Å². The van der Waals surface area contributed by atoms with Crippen LogP contribution in [0.25, 0.3) is 0 Å². The van der Waals surface area contributed by atoms with Crippen molar-refractivity contribution in [2.75, 3.05) is 20.2 Å². The summed E-state index contributed by atoms with van der Waals surface area (Å²) >= 11 is 0. The van der Waals surface area contributed by atoms with Gasteiger partial charge in [0.25, 0.3) is 0 Å². The largest absolute Gasteiger partial charge is 0.496 e. The summed E-state index contributed by atoms with van der Waals surface area (Å²) in [5.74, 6) is 0.183. The molecule has 7 nitrogen and oxygen atoms in total. The second-order valence-corrected chi connectivity index (χ2v) is 7.93. The average Bonchev–Trinajstić information content (AvgIpc) is 2.90. The molecule has 0 aliphatic carbocycles. The molecule has 1 aromatic carbocycles. The highest BCUT2D eigenvalue weighted by molar-refractivity contribution is 7.89. The van der Waals surface area contributed by atoms with E-state index in [0.717, 1.165) is 5.56 Å². The van der Waals surface area contributed by atoms with Gasteiger partial charge in [-0.15, -0.1) is 0 Å². The van der Waals surface area contributed by atoms with Gasteiger partial charge in [-0.3, -0.25) is 4.79 Å². The molecule has 0 spiro atoms. The number of aryl methyl sites for hydroxylation is 2. The molecule has 1 amide bonds. The number of nitrogens with one attached hydrogen (secondary N) is 1. The fraction of sp³-hybridized carbons (Fsp3) is 0.562. The van der Waals surface area contributed by atoms with Crippen molar-refractivity contribution in [2.24, 2.45) is 5.73 Å². The number of rotatable bonds is 5. The van der Waals surface area contributed by atoms with Crippen LogP contribution in [0.5, 0.6) is 5.75 Å². The maximum absolute atomic E-state index is 13.1. The molecule has 0 bridgehead atoms. The first kappa shape index (κ1) is 18.7. The van der Waals surface area contributed by atoms with Crippen LogP contribution in [-0.2, 0) is 14.8 Å². The van der Waals surface area contributed by atoms with Crippen molar-refractivity contribution in [3.63, 3.8) is 0 Å². The van der Waals surface area contributed by atoms with E-state index in [2.05, 4.69) is 5.32 Å². The van der Waals surface area contributed by atoms with Crippen molar-refractivity contribution in [1.29, 1.82) is 0 Å². The molecule has 1 aliphatic rings. The summed E-state index contributed by atoms with van der Waals surface area (Å²) in [4.78, 5) is 12.4. The standard InChI is InChI=1S/C16H25N3O4S/c1-5-18-16(20)13-7-12(17)9-19(13)24(21,22)15-8-14(23-4)10(2)6-11(15)3/h6,8,12-13H,5,7,9,17H2,1-4H3,(H,18,20)/t12-,13-/m0/s1. The molecular formula is C16H25N3O4S. The van der Waals surface area contributed by atoms with Crippen molar-refractivity contribution in [3.05, 3.63) is 23.3 Å². The highest BCUT2D eigenvalue weighted by Crippen LogP contribution is 2.31.